The summed E-state index contributed by atoms with van der Waals surface area (Å²) in [5.74, 6) is 0.348. The number of carbonyl (C=O) groups is 2. The average Bonchev–Trinajstić information content (AvgIpc) is 3.36. The maximum atomic E-state index is 13.4. The van der Waals surface area contributed by atoms with Crippen molar-refractivity contribution in [3.63, 3.8) is 0 Å². The van der Waals surface area contributed by atoms with E-state index in [1.54, 1.807) is 29.2 Å². The molecule has 1 atom stereocenters. The molecule has 0 radical (unpaired) electrons. The number of hydrogen-bond acceptors (Lipinski definition) is 3. The molecular formula is C20H25ClN2O3. The van der Waals surface area contributed by atoms with Crippen LogP contribution in [0.1, 0.15) is 55.8 Å². The largest absolute Gasteiger partial charge is 0.353 e. The number of amides is 2. The SMILES string of the molecule is CC1CCC2(CC1)OCC(C(=O)NC1CC1)N2C(=O)c1cccc(Cl)c1. The first-order chi connectivity index (χ1) is 12.5. The summed E-state index contributed by atoms with van der Waals surface area (Å²) in [6, 6.07) is 6.61. The number of halogens is 1. The number of benzene rings is 1. The molecule has 3 aliphatic rings. The number of hydrogen-bond donors (Lipinski definition) is 1. The molecule has 5 nitrogen and oxygen atoms in total. The maximum Gasteiger partial charge on any atom is 0.256 e. The fourth-order valence-electron chi connectivity index (χ4n) is 4.07. The van der Waals surface area contributed by atoms with E-state index in [1.807, 2.05) is 0 Å². The molecule has 1 unspecified atom stereocenters. The van der Waals surface area contributed by atoms with Crippen LogP contribution >= 0.6 is 11.6 Å². The van der Waals surface area contributed by atoms with Gasteiger partial charge in [0.1, 0.15) is 11.8 Å². The summed E-state index contributed by atoms with van der Waals surface area (Å²) in [5, 5.41) is 3.55. The van der Waals surface area contributed by atoms with Crippen LogP contribution in [0.25, 0.3) is 0 Å². The van der Waals surface area contributed by atoms with Crippen molar-refractivity contribution in [3.05, 3.63) is 34.9 Å². The third-order valence-electron chi connectivity index (χ3n) is 5.83. The summed E-state index contributed by atoms with van der Waals surface area (Å²) < 4.78 is 6.16. The summed E-state index contributed by atoms with van der Waals surface area (Å²) in [5.41, 5.74) is -0.164. The molecule has 0 aromatic heterocycles. The Kier molecular flexibility index (Phi) is 4.70. The van der Waals surface area contributed by atoms with E-state index in [2.05, 4.69) is 12.2 Å². The molecule has 1 aliphatic heterocycles. The lowest BCUT2D eigenvalue weighted by molar-refractivity contribution is -0.128. The minimum Gasteiger partial charge on any atom is -0.353 e. The van der Waals surface area contributed by atoms with E-state index in [-0.39, 0.29) is 24.5 Å². The predicted molar refractivity (Wildman–Crippen MR) is 98.9 cm³/mol. The van der Waals surface area contributed by atoms with Crippen LogP contribution in [0.15, 0.2) is 24.3 Å². The molecule has 4 rings (SSSR count). The predicted octanol–water partition coefficient (Wildman–Crippen LogP) is 3.37. The highest BCUT2D eigenvalue weighted by Gasteiger charge is 2.54. The number of carbonyl (C=O) groups excluding carboxylic acids is 2. The van der Waals surface area contributed by atoms with Crippen LogP contribution in [0, 0.1) is 5.92 Å². The van der Waals surface area contributed by atoms with Gasteiger partial charge in [-0.3, -0.25) is 14.5 Å². The van der Waals surface area contributed by atoms with Gasteiger partial charge in [-0.2, -0.15) is 0 Å². The fourth-order valence-corrected chi connectivity index (χ4v) is 4.26. The van der Waals surface area contributed by atoms with Gasteiger partial charge >= 0.3 is 0 Å². The van der Waals surface area contributed by atoms with Crippen molar-refractivity contribution in [1.29, 1.82) is 0 Å². The quantitative estimate of drug-likeness (QED) is 0.879. The molecule has 2 amide bonds. The molecule has 1 spiro atoms. The highest BCUT2D eigenvalue weighted by molar-refractivity contribution is 6.31. The number of rotatable bonds is 3. The van der Waals surface area contributed by atoms with Gasteiger partial charge in [0.15, 0.2) is 0 Å². The van der Waals surface area contributed by atoms with Gasteiger partial charge in [0.25, 0.3) is 5.91 Å². The lowest BCUT2D eigenvalue weighted by atomic mass is 9.83. The molecule has 1 N–H and O–H groups in total. The van der Waals surface area contributed by atoms with Crippen molar-refractivity contribution in [2.45, 2.75) is 63.3 Å². The number of nitrogens with one attached hydrogen (secondary N) is 1. The third-order valence-corrected chi connectivity index (χ3v) is 6.07. The van der Waals surface area contributed by atoms with E-state index >= 15 is 0 Å². The van der Waals surface area contributed by atoms with E-state index in [0.717, 1.165) is 38.5 Å². The Morgan fingerprint density at radius 2 is 1.96 bits per heavy atom. The summed E-state index contributed by atoms with van der Waals surface area (Å²) in [4.78, 5) is 27.9. The zero-order valence-corrected chi connectivity index (χ0v) is 15.8. The Labute approximate surface area is 159 Å². The average molecular weight is 377 g/mol. The summed E-state index contributed by atoms with van der Waals surface area (Å²) >= 11 is 6.09. The van der Waals surface area contributed by atoms with Crippen LogP contribution in [0.3, 0.4) is 0 Å². The van der Waals surface area contributed by atoms with Gasteiger partial charge in [-0.25, -0.2) is 0 Å². The van der Waals surface area contributed by atoms with E-state index in [9.17, 15) is 9.59 Å². The highest BCUT2D eigenvalue weighted by Crippen LogP contribution is 2.43. The Bertz CT molecular complexity index is 711. The van der Waals surface area contributed by atoms with Gasteiger partial charge in [-0.1, -0.05) is 24.6 Å². The molecular weight excluding hydrogens is 352 g/mol. The van der Waals surface area contributed by atoms with Gasteiger partial charge in [0.05, 0.1) is 6.61 Å². The third kappa shape index (κ3) is 3.35. The molecule has 1 aromatic carbocycles. The molecule has 140 valence electrons. The molecule has 3 fully saturated rings. The fraction of sp³-hybridized carbons (Fsp3) is 0.600. The first-order valence-electron chi connectivity index (χ1n) is 9.52. The lowest BCUT2D eigenvalue weighted by Crippen LogP contribution is -2.57. The van der Waals surface area contributed by atoms with Crippen LogP contribution in [0.5, 0.6) is 0 Å². The molecule has 6 heteroatoms. The first-order valence-corrected chi connectivity index (χ1v) is 9.90. The second kappa shape index (κ2) is 6.86. The second-order valence-corrected chi connectivity index (χ2v) is 8.36. The van der Waals surface area contributed by atoms with Gasteiger partial charge in [-0.05, 0) is 62.6 Å². The number of ether oxygens (including phenoxy) is 1. The van der Waals surface area contributed by atoms with Crippen molar-refractivity contribution < 1.29 is 14.3 Å². The number of nitrogens with zero attached hydrogens (tertiary/aromatic N) is 1. The van der Waals surface area contributed by atoms with Crippen LogP contribution in [-0.4, -0.2) is 41.1 Å². The minimum atomic E-state index is -0.669. The van der Waals surface area contributed by atoms with Crippen LogP contribution in [0.2, 0.25) is 5.02 Å². The molecule has 1 aromatic rings. The molecule has 26 heavy (non-hydrogen) atoms. The Morgan fingerprint density at radius 1 is 1.23 bits per heavy atom. The highest BCUT2D eigenvalue weighted by atomic mass is 35.5. The van der Waals surface area contributed by atoms with E-state index in [4.69, 9.17) is 16.3 Å². The smallest absolute Gasteiger partial charge is 0.256 e. The van der Waals surface area contributed by atoms with Crippen molar-refractivity contribution in [2.24, 2.45) is 5.92 Å². The molecule has 2 aliphatic carbocycles. The van der Waals surface area contributed by atoms with Gasteiger partial charge in [0, 0.05) is 16.6 Å². The first kappa shape index (κ1) is 17.8. The van der Waals surface area contributed by atoms with Crippen molar-refractivity contribution in [2.75, 3.05) is 6.61 Å². The summed E-state index contributed by atoms with van der Waals surface area (Å²) in [6.07, 6.45) is 5.57. The second-order valence-electron chi connectivity index (χ2n) is 7.92. The minimum absolute atomic E-state index is 0.0987. The van der Waals surface area contributed by atoms with Gasteiger partial charge in [0.2, 0.25) is 5.91 Å². The Hall–Kier alpha value is -1.59. The van der Waals surface area contributed by atoms with Crippen LogP contribution < -0.4 is 5.32 Å². The Balaban J connectivity index is 1.64. The van der Waals surface area contributed by atoms with Crippen molar-refractivity contribution in [1.82, 2.24) is 10.2 Å². The normalized spacial score (nSPS) is 31.2. The van der Waals surface area contributed by atoms with Crippen LogP contribution in [-0.2, 0) is 9.53 Å². The van der Waals surface area contributed by atoms with E-state index in [1.165, 1.54) is 0 Å². The zero-order valence-electron chi connectivity index (χ0n) is 15.0. The van der Waals surface area contributed by atoms with Crippen molar-refractivity contribution in [3.8, 4) is 0 Å². The van der Waals surface area contributed by atoms with Crippen molar-refractivity contribution >= 4 is 23.4 Å². The molecule has 2 saturated carbocycles. The van der Waals surface area contributed by atoms with Gasteiger partial charge < -0.3 is 10.1 Å². The van der Waals surface area contributed by atoms with E-state index in [0.29, 0.717) is 16.5 Å². The van der Waals surface area contributed by atoms with Crippen LogP contribution in [0.4, 0.5) is 0 Å². The van der Waals surface area contributed by atoms with E-state index < -0.39 is 11.8 Å². The zero-order chi connectivity index (χ0) is 18.3. The molecule has 1 heterocycles. The molecule has 0 bridgehead atoms. The summed E-state index contributed by atoms with van der Waals surface area (Å²) in [7, 11) is 0. The lowest BCUT2D eigenvalue weighted by Gasteiger charge is -2.43. The Morgan fingerprint density at radius 3 is 2.62 bits per heavy atom. The monoisotopic (exact) mass is 376 g/mol. The maximum absolute atomic E-state index is 13.4. The summed E-state index contributed by atoms with van der Waals surface area (Å²) in [6.45, 7) is 2.49. The van der Waals surface area contributed by atoms with Gasteiger partial charge in [-0.15, -0.1) is 0 Å². The topological polar surface area (TPSA) is 58.6 Å². The molecule has 1 saturated heterocycles. The standard InChI is InChI=1S/C20H25ClN2O3/c1-13-7-9-20(10-8-13)23(19(25)14-3-2-4-15(21)11-14)17(12-26-20)18(24)22-16-5-6-16/h2-4,11,13,16-17H,5-10,12H2,1H3,(H,22,24).